The highest BCUT2D eigenvalue weighted by Crippen LogP contribution is 2.30. The smallest absolute Gasteiger partial charge is 0.251 e. The molecule has 0 unspecified atom stereocenters. The second-order valence-electron chi connectivity index (χ2n) is 5.04. The van der Waals surface area contributed by atoms with Crippen LogP contribution in [0.4, 0.5) is 0 Å². The van der Waals surface area contributed by atoms with Crippen LogP contribution >= 0.6 is 0 Å². The van der Waals surface area contributed by atoms with Crippen molar-refractivity contribution in [2.75, 3.05) is 21.3 Å². The minimum Gasteiger partial charge on any atom is -0.497 e. The third-order valence-electron chi connectivity index (χ3n) is 3.61. The molecule has 2 aromatic carbocycles. The Labute approximate surface area is 136 Å². The second-order valence-corrected chi connectivity index (χ2v) is 5.04. The third kappa shape index (κ3) is 3.94. The molecule has 0 radical (unpaired) electrons. The van der Waals surface area contributed by atoms with Crippen LogP contribution in [0.2, 0.25) is 0 Å². The number of nitrogens with one attached hydrogen (secondary N) is 1. The van der Waals surface area contributed by atoms with Crippen LogP contribution in [0.25, 0.3) is 0 Å². The largest absolute Gasteiger partial charge is 0.497 e. The van der Waals surface area contributed by atoms with E-state index in [2.05, 4.69) is 5.32 Å². The lowest BCUT2D eigenvalue weighted by Crippen LogP contribution is -2.26. The summed E-state index contributed by atoms with van der Waals surface area (Å²) in [5.41, 5.74) is 1.52. The van der Waals surface area contributed by atoms with Crippen LogP contribution in [0.5, 0.6) is 17.2 Å². The monoisotopic (exact) mass is 315 g/mol. The van der Waals surface area contributed by atoms with E-state index in [1.165, 1.54) is 0 Å². The molecule has 0 fully saturated rings. The van der Waals surface area contributed by atoms with E-state index >= 15 is 0 Å². The Hall–Kier alpha value is -2.69. The first-order valence-corrected chi connectivity index (χ1v) is 7.26. The summed E-state index contributed by atoms with van der Waals surface area (Å²) >= 11 is 0. The first kappa shape index (κ1) is 16.7. The zero-order chi connectivity index (χ0) is 16.8. The number of methoxy groups -OCH3 is 3. The lowest BCUT2D eigenvalue weighted by atomic mass is 10.1. The Morgan fingerprint density at radius 1 is 0.913 bits per heavy atom. The van der Waals surface area contributed by atoms with Gasteiger partial charge in [0.05, 0.1) is 27.4 Å². The van der Waals surface area contributed by atoms with Crippen molar-refractivity contribution < 1.29 is 19.0 Å². The normalized spacial score (nSPS) is 11.5. The number of benzene rings is 2. The quantitative estimate of drug-likeness (QED) is 0.889. The van der Waals surface area contributed by atoms with Crippen LogP contribution in [-0.4, -0.2) is 27.2 Å². The van der Waals surface area contributed by atoms with Gasteiger partial charge in [0, 0.05) is 5.56 Å². The van der Waals surface area contributed by atoms with Crippen LogP contribution < -0.4 is 19.5 Å². The Morgan fingerprint density at radius 2 is 1.57 bits per heavy atom. The van der Waals surface area contributed by atoms with Crippen LogP contribution in [-0.2, 0) is 0 Å². The molecule has 0 heterocycles. The predicted octanol–water partition coefficient (Wildman–Crippen LogP) is 3.20. The van der Waals surface area contributed by atoms with Crippen molar-refractivity contribution in [3.05, 3.63) is 53.6 Å². The van der Waals surface area contributed by atoms with Crippen LogP contribution in [0.1, 0.15) is 28.9 Å². The molecule has 0 saturated carbocycles. The minimum atomic E-state index is -0.163. The van der Waals surface area contributed by atoms with Gasteiger partial charge in [-0.15, -0.1) is 0 Å². The van der Waals surface area contributed by atoms with Gasteiger partial charge in [-0.3, -0.25) is 4.79 Å². The molecule has 1 atom stereocenters. The first-order chi connectivity index (χ1) is 11.1. The fraction of sp³-hybridized carbons (Fsp3) is 0.278. The van der Waals surface area contributed by atoms with Gasteiger partial charge in [-0.2, -0.15) is 0 Å². The van der Waals surface area contributed by atoms with Gasteiger partial charge >= 0.3 is 0 Å². The molecule has 0 bridgehead atoms. The zero-order valence-corrected chi connectivity index (χ0v) is 13.8. The lowest BCUT2D eigenvalue weighted by Gasteiger charge is -2.16. The second kappa shape index (κ2) is 7.54. The summed E-state index contributed by atoms with van der Waals surface area (Å²) < 4.78 is 15.6. The molecule has 23 heavy (non-hydrogen) atoms. The molecule has 0 aromatic heterocycles. The van der Waals surface area contributed by atoms with Crippen molar-refractivity contribution >= 4 is 5.91 Å². The van der Waals surface area contributed by atoms with Crippen molar-refractivity contribution in [3.63, 3.8) is 0 Å². The summed E-state index contributed by atoms with van der Waals surface area (Å²) in [7, 11) is 4.77. The molecule has 0 aliphatic carbocycles. The van der Waals surface area contributed by atoms with E-state index in [9.17, 15) is 4.79 Å². The van der Waals surface area contributed by atoms with E-state index < -0.39 is 0 Å². The van der Waals surface area contributed by atoms with Crippen LogP contribution in [0, 0.1) is 0 Å². The third-order valence-corrected chi connectivity index (χ3v) is 3.61. The summed E-state index contributed by atoms with van der Waals surface area (Å²) in [6.45, 7) is 1.92. The van der Waals surface area contributed by atoms with Crippen LogP contribution in [0.3, 0.4) is 0 Å². The van der Waals surface area contributed by atoms with Crippen molar-refractivity contribution in [2.45, 2.75) is 13.0 Å². The van der Waals surface area contributed by atoms with Crippen molar-refractivity contribution in [3.8, 4) is 17.2 Å². The number of carbonyl (C=O) groups excluding carboxylic acids is 1. The van der Waals surface area contributed by atoms with Crippen molar-refractivity contribution in [2.24, 2.45) is 0 Å². The SMILES string of the molecule is COc1ccc(C(=O)N[C@@H](C)c2ccc(OC)c(OC)c2)cc1. The fourth-order valence-electron chi connectivity index (χ4n) is 2.23. The van der Waals surface area contributed by atoms with Gasteiger partial charge in [0.25, 0.3) is 5.91 Å². The molecule has 0 spiro atoms. The molecule has 0 saturated heterocycles. The Balaban J connectivity index is 2.11. The van der Waals surface area contributed by atoms with E-state index in [0.717, 1.165) is 11.3 Å². The van der Waals surface area contributed by atoms with Gasteiger partial charge in [-0.25, -0.2) is 0 Å². The van der Waals surface area contributed by atoms with E-state index in [4.69, 9.17) is 14.2 Å². The van der Waals surface area contributed by atoms with Crippen LogP contribution in [0.15, 0.2) is 42.5 Å². The number of amides is 1. The van der Waals surface area contributed by atoms with Crippen molar-refractivity contribution in [1.82, 2.24) is 5.32 Å². The Morgan fingerprint density at radius 3 is 2.13 bits per heavy atom. The zero-order valence-electron chi connectivity index (χ0n) is 13.8. The molecule has 2 rings (SSSR count). The number of hydrogen-bond donors (Lipinski definition) is 1. The molecule has 0 aliphatic rings. The molecule has 1 N–H and O–H groups in total. The van der Waals surface area contributed by atoms with Gasteiger partial charge in [0.1, 0.15) is 5.75 Å². The molecule has 5 heteroatoms. The maximum Gasteiger partial charge on any atom is 0.251 e. The van der Waals surface area contributed by atoms with Gasteiger partial charge in [0.2, 0.25) is 0 Å². The topological polar surface area (TPSA) is 56.8 Å². The number of carbonyl (C=O) groups is 1. The number of hydrogen-bond acceptors (Lipinski definition) is 4. The van der Waals surface area contributed by atoms with Gasteiger partial charge in [-0.05, 0) is 48.9 Å². The highest BCUT2D eigenvalue weighted by atomic mass is 16.5. The summed E-state index contributed by atoms with van der Waals surface area (Å²) in [4.78, 5) is 12.3. The predicted molar refractivity (Wildman–Crippen MR) is 88.4 cm³/mol. The fourth-order valence-corrected chi connectivity index (χ4v) is 2.23. The first-order valence-electron chi connectivity index (χ1n) is 7.26. The van der Waals surface area contributed by atoms with E-state index in [1.54, 1.807) is 45.6 Å². The van der Waals surface area contributed by atoms with E-state index in [-0.39, 0.29) is 11.9 Å². The molecule has 2 aromatic rings. The standard InChI is InChI=1S/C18H21NO4/c1-12(14-7-10-16(22-3)17(11-14)23-4)19-18(20)13-5-8-15(21-2)9-6-13/h5-12H,1-4H3,(H,19,20)/t12-/m0/s1. The number of ether oxygens (including phenoxy) is 3. The average Bonchev–Trinajstić information content (AvgIpc) is 2.60. The summed E-state index contributed by atoms with van der Waals surface area (Å²) in [6.07, 6.45) is 0. The molecule has 122 valence electrons. The van der Waals surface area contributed by atoms with Gasteiger partial charge < -0.3 is 19.5 Å². The molecular formula is C18H21NO4. The Kier molecular flexibility index (Phi) is 5.46. The minimum absolute atomic E-state index is 0.144. The summed E-state index contributed by atoms with van der Waals surface area (Å²) in [5.74, 6) is 1.87. The van der Waals surface area contributed by atoms with E-state index in [1.807, 2.05) is 25.1 Å². The average molecular weight is 315 g/mol. The molecule has 1 amide bonds. The van der Waals surface area contributed by atoms with Crippen molar-refractivity contribution in [1.29, 1.82) is 0 Å². The molecule has 5 nitrogen and oxygen atoms in total. The molecule has 0 aliphatic heterocycles. The van der Waals surface area contributed by atoms with E-state index in [0.29, 0.717) is 17.1 Å². The maximum atomic E-state index is 12.3. The van der Waals surface area contributed by atoms with Gasteiger partial charge in [0.15, 0.2) is 11.5 Å². The highest BCUT2D eigenvalue weighted by Gasteiger charge is 2.14. The maximum absolute atomic E-state index is 12.3. The summed E-state index contributed by atoms with van der Waals surface area (Å²) in [6, 6.07) is 12.4. The van der Waals surface area contributed by atoms with Gasteiger partial charge in [-0.1, -0.05) is 6.07 Å². The molecular weight excluding hydrogens is 294 g/mol. The summed E-state index contributed by atoms with van der Waals surface area (Å²) in [5, 5.41) is 2.96. The number of rotatable bonds is 6. The highest BCUT2D eigenvalue weighted by molar-refractivity contribution is 5.94. The lowest BCUT2D eigenvalue weighted by molar-refractivity contribution is 0.0940. The Bertz CT molecular complexity index is 667.